The Bertz CT molecular complexity index is 1360. The van der Waals surface area contributed by atoms with Gasteiger partial charge in [0.2, 0.25) is 0 Å². The Labute approximate surface area is 224 Å². The first kappa shape index (κ1) is 27.4. The summed E-state index contributed by atoms with van der Waals surface area (Å²) in [6.07, 6.45) is 0. The molecule has 202 valence electrons. The summed E-state index contributed by atoms with van der Waals surface area (Å²) < 4.78 is 43.3. The molecule has 1 heterocycles. The van der Waals surface area contributed by atoms with Gasteiger partial charge in [0.15, 0.2) is 11.5 Å². The maximum Gasteiger partial charge on any atom is 0.264 e. The van der Waals surface area contributed by atoms with Gasteiger partial charge in [0.25, 0.3) is 15.9 Å². The fraction of sp³-hybridized carbons (Fsp3) is 0.321. The Kier molecular flexibility index (Phi) is 8.88. The van der Waals surface area contributed by atoms with Crippen molar-refractivity contribution in [2.75, 3.05) is 51.9 Å². The van der Waals surface area contributed by atoms with Gasteiger partial charge in [-0.05, 0) is 47.5 Å². The fourth-order valence-corrected chi connectivity index (χ4v) is 5.45. The molecule has 0 spiro atoms. The predicted octanol–water partition coefficient (Wildman–Crippen LogP) is 3.29. The van der Waals surface area contributed by atoms with Gasteiger partial charge in [0, 0.05) is 44.9 Å². The van der Waals surface area contributed by atoms with Crippen LogP contribution in [-0.4, -0.2) is 66.8 Å². The first-order valence-electron chi connectivity index (χ1n) is 12.3. The summed E-state index contributed by atoms with van der Waals surface area (Å²) in [5, 5.41) is 2.94. The van der Waals surface area contributed by atoms with E-state index >= 15 is 0 Å². The zero-order valence-electron chi connectivity index (χ0n) is 21.8. The first-order chi connectivity index (χ1) is 18.3. The summed E-state index contributed by atoms with van der Waals surface area (Å²) in [6.45, 7) is 4.60. The topological polar surface area (TPSA) is 97.4 Å². The summed E-state index contributed by atoms with van der Waals surface area (Å²) >= 11 is 0. The van der Waals surface area contributed by atoms with E-state index in [0.717, 1.165) is 42.7 Å². The van der Waals surface area contributed by atoms with Crippen LogP contribution in [0, 0.1) is 0 Å². The van der Waals surface area contributed by atoms with Crippen LogP contribution in [-0.2, 0) is 27.8 Å². The van der Waals surface area contributed by atoms with E-state index in [0.29, 0.717) is 29.3 Å². The molecule has 0 atom stereocenters. The lowest BCUT2D eigenvalue weighted by Gasteiger charge is -2.26. The van der Waals surface area contributed by atoms with Crippen LogP contribution >= 0.6 is 0 Å². The minimum absolute atomic E-state index is 0.0651. The smallest absolute Gasteiger partial charge is 0.264 e. The molecule has 9 nitrogen and oxygen atoms in total. The maximum absolute atomic E-state index is 13.2. The highest BCUT2D eigenvalue weighted by atomic mass is 32.2. The minimum atomic E-state index is -3.86. The first-order valence-corrected chi connectivity index (χ1v) is 13.7. The summed E-state index contributed by atoms with van der Waals surface area (Å²) in [4.78, 5) is 15.2. The van der Waals surface area contributed by atoms with Crippen LogP contribution in [0.2, 0.25) is 0 Å². The Morgan fingerprint density at radius 1 is 0.947 bits per heavy atom. The third-order valence-electron chi connectivity index (χ3n) is 6.46. The number of carbonyl (C=O) groups is 1. The van der Waals surface area contributed by atoms with E-state index in [1.807, 2.05) is 12.1 Å². The molecule has 0 aromatic heterocycles. The molecular formula is C28H33N3O6S. The second-order valence-electron chi connectivity index (χ2n) is 8.93. The molecule has 38 heavy (non-hydrogen) atoms. The molecule has 1 fully saturated rings. The highest BCUT2D eigenvalue weighted by molar-refractivity contribution is 7.92. The molecule has 0 saturated carbocycles. The van der Waals surface area contributed by atoms with Crippen molar-refractivity contribution >= 4 is 21.6 Å². The van der Waals surface area contributed by atoms with Crippen LogP contribution in [0.1, 0.15) is 21.5 Å². The van der Waals surface area contributed by atoms with Gasteiger partial charge in [-0.2, -0.15) is 0 Å². The van der Waals surface area contributed by atoms with Crippen molar-refractivity contribution in [3.05, 3.63) is 83.4 Å². The normalized spacial score (nSPS) is 14.1. The largest absolute Gasteiger partial charge is 0.493 e. The highest BCUT2D eigenvalue weighted by Crippen LogP contribution is 2.31. The standard InChI is InChI=1S/C28H33N3O6S/c1-30(38(33,34)25-11-12-26(35-2)27(18-25)36-3)24-9-7-23(8-10-24)28(32)29-19-21-5-4-6-22(17-21)20-31-13-15-37-16-14-31/h4-12,17-18H,13-16,19-20H2,1-3H3,(H,29,32). The lowest BCUT2D eigenvalue weighted by molar-refractivity contribution is 0.0342. The van der Waals surface area contributed by atoms with Gasteiger partial charge in [-0.25, -0.2) is 8.42 Å². The Morgan fingerprint density at radius 2 is 1.63 bits per heavy atom. The van der Waals surface area contributed by atoms with Crippen molar-refractivity contribution in [1.82, 2.24) is 10.2 Å². The monoisotopic (exact) mass is 539 g/mol. The number of hydrogen-bond donors (Lipinski definition) is 1. The van der Waals surface area contributed by atoms with Gasteiger partial charge >= 0.3 is 0 Å². The summed E-state index contributed by atoms with van der Waals surface area (Å²) in [6, 6.07) is 19.0. The van der Waals surface area contributed by atoms with Crippen molar-refractivity contribution in [1.29, 1.82) is 0 Å². The molecule has 1 saturated heterocycles. The van der Waals surface area contributed by atoms with Crippen molar-refractivity contribution in [2.45, 2.75) is 18.0 Å². The van der Waals surface area contributed by atoms with Gasteiger partial charge < -0.3 is 19.5 Å². The lowest BCUT2D eigenvalue weighted by Crippen LogP contribution is -2.35. The molecular weight excluding hydrogens is 506 g/mol. The number of methoxy groups -OCH3 is 2. The van der Waals surface area contributed by atoms with E-state index < -0.39 is 10.0 Å². The van der Waals surface area contributed by atoms with Crippen LogP contribution in [0.5, 0.6) is 11.5 Å². The SMILES string of the molecule is COc1ccc(S(=O)(=O)N(C)c2ccc(C(=O)NCc3cccc(CN4CCOCC4)c3)cc2)cc1OC. The van der Waals surface area contributed by atoms with E-state index in [4.69, 9.17) is 14.2 Å². The summed E-state index contributed by atoms with van der Waals surface area (Å²) in [5.41, 5.74) is 3.07. The van der Waals surface area contributed by atoms with Crippen molar-refractivity contribution < 1.29 is 27.4 Å². The van der Waals surface area contributed by atoms with Gasteiger partial charge in [-0.3, -0.25) is 14.0 Å². The molecule has 0 bridgehead atoms. The quantitative estimate of drug-likeness (QED) is 0.422. The Hall–Kier alpha value is -3.60. The summed E-state index contributed by atoms with van der Waals surface area (Å²) in [5.74, 6) is 0.523. The number of nitrogens with one attached hydrogen (secondary N) is 1. The minimum Gasteiger partial charge on any atom is -0.493 e. The van der Waals surface area contributed by atoms with Gasteiger partial charge in [0.05, 0.1) is 38.0 Å². The molecule has 3 aromatic carbocycles. The Balaban J connectivity index is 1.38. The number of morpholine rings is 1. The van der Waals surface area contributed by atoms with E-state index in [1.54, 1.807) is 30.3 Å². The van der Waals surface area contributed by atoms with Gasteiger partial charge in [0.1, 0.15) is 0 Å². The van der Waals surface area contributed by atoms with Gasteiger partial charge in [-0.15, -0.1) is 0 Å². The average molecular weight is 540 g/mol. The maximum atomic E-state index is 13.2. The fourth-order valence-electron chi connectivity index (χ4n) is 4.24. The highest BCUT2D eigenvalue weighted by Gasteiger charge is 2.23. The number of anilines is 1. The number of benzene rings is 3. The van der Waals surface area contributed by atoms with Crippen LogP contribution in [0.3, 0.4) is 0 Å². The number of sulfonamides is 1. The van der Waals surface area contributed by atoms with Crippen LogP contribution in [0.15, 0.2) is 71.6 Å². The van der Waals surface area contributed by atoms with Crippen LogP contribution < -0.4 is 19.1 Å². The van der Waals surface area contributed by atoms with E-state index in [9.17, 15) is 13.2 Å². The predicted molar refractivity (Wildman–Crippen MR) is 145 cm³/mol. The average Bonchev–Trinajstić information content (AvgIpc) is 2.96. The molecule has 1 amide bonds. The molecule has 0 radical (unpaired) electrons. The molecule has 3 aromatic rings. The number of rotatable bonds is 10. The van der Waals surface area contributed by atoms with E-state index in [2.05, 4.69) is 22.3 Å². The second kappa shape index (κ2) is 12.3. The molecule has 1 aliphatic rings. The number of amides is 1. The molecule has 0 unspecified atom stereocenters. The van der Waals surface area contributed by atoms with Crippen molar-refractivity contribution in [3.63, 3.8) is 0 Å². The zero-order valence-corrected chi connectivity index (χ0v) is 22.7. The summed E-state index contributed by atoms with van der Waals surface area (Å²) in [7, 11) is 0.540. The van der Waals surface area contributed by atoms with Gasteiger partial charge in [-0.1, -0.05) is 24.3 Å². The Morgan fingerprint density at radius 3 is 2.32 bits per heavy atom. The zero-order chi connectivity index (χ0) is 27.1. The number of carbonyl (C=O) groups excluding carboxylic acids is 1. The number of nitrogens with zero attached hydrogens (tertiary/aromatic N) is 2. The molecule has 4 rings (SSSR count). The lowest BCUT2D eigenvalue weighted by atomic mass is 10.1. The second-order valence-corrected chi connectivity index (χ2v) is 10.9. The van der Waals surface area contributed by atoms with E-state index in [1.165, 1.54) is 39.0 Å². The molecule has 10 heteroatoms. The van der Waals surface area contributed by atoms with Crippen molar-refractivity contribution in [2.24, 2.45) is 0 Å². The molecule has 0 aliphatic carbocycles. The molecule has 1 N–H and O–H groups in total. The third-order valence-corrected chi connectivity index (χ3v) is 8.24. The third kappa shape index (κ3) is 6.45. The van der Waals surface area contributed by atoms with Crippen LogP contribution in [0.4, 0.5) is 5.69 Å². The number of ether oxygens (including phenoxy) is 3. The van der Waals surface area contributed by atoms with E-state index in [-0.39, 0.29) is 10.8 Å². The van der Waals surface area contributed by atoms with Crippen LogP contribution in [0.25, 0.3) is 0 Å². The number of hydrogen-bond acceptors (Lipinski definition) is 7. The van der Waals surface area contributed by atoms with Crippen molar-refractivity contribution in [3.8, 4) is 11.5 Å². The molecule has 1 aliphatic heterocycles.